The van der Waals surface area contributed by atoms with E-state index in [2.05, 4.69) is 11.9 Å². The van der Waals surface area contributed by atoms with Gasteiger partial charge in [-0.1, -0.05) is 25.5 Å². The average Bonchev–Trinajstić information content (AvgIpc) is 2.79. The third-order valence-electron chi connectivity index (χ3n) is 3.10. The molecule has 0 bridgehead atoms. The van der Waals surface area contributed by atoms with Crippen LogP contribution in [-0.2, 0) is 20.8 Å². The molecule has 114 valence electrons. The van der Waals surface area contributed by atoms with E-state index < -0.39 is 0 Å². The molecule has 1 aromatic heterocycles. The van der Waals surface area contributed by atoms with Gasteiger partial charge in [-0.15, -0.1) is 0 Å². The topological polar surface area (TPSA) is 79.4 Å². The summed E-state index contributed by atoms with van der Waals surface area (Å²) in [4.78, 5) is 16.0. The van der Waals surface area contributed by atoms with Crippen molar-refractivity contribution in [1.82, 2.24) is 9.55 Å². The zero-order valence-corrected chi connectivity index (χ0v) is 12.2. The maximum absolute atomic E-state index is 11.8. The lowest BCUT2D eigenvalue weighted by atomic mass is 10.3. The van der Waals surface area contributed by atoms with E-state index in [0.717, 1.165) is 23.9 Å². The fraction of sp³-hybridized carbons (Fsp3) is 0.467. The number of fused-ring (bicyclic) bond motifs is 1. The fourth-order valence-electron chi connectivity index (χ4n) is 2.00. The van der Waals surface area contributed by atoms with Crippen molar-refractivity contribution < 1.29 is 14.3 Å². The number of rotatable bonds is 8. The number of para-hydroxylation sites is 2. The molecule has 0 radical (unpaired) electrons. The van der Waals surface area contributed by atoms with Gasteiger partial charge < -0.3 is 15.2 Å². The van der Waals surface area contributed by atoms with Crippen LogP contribution in [0.4, 0.5) is 5.95 Å². The van der Waals surface area contributed by atoms with Crippen molar-refractivity contribution in [3.05, 3.63) is 24.3 Å². The van der Waals surface area contributed by atoms with Gasteiger partial charge >= 0.3 is 5.97 Å². The molecule has 0 aliphatic heterocycles. The van der Waals surface area contributed by atoms with Crippen LogP contribution >= 0.6 is 0 Å². The van der Waals surface area contributed by atoms with Gasteiger partial charge in [-0.2, -0.15) is 0 Å². The molecule has 0 spiro atoms. The van der Waals surface area contributed by atoms with E-state index in [9.17, 15) is 4.79 Å². The van der Waals surface area contributed by atoms with E-state index in [1.165, 1.54) is 0 Å². The molecule has 2 rings (SSSR count). The molecule has 1 heterocycles. The van der Waals surface area contributed by atoms with Crippen molar-refractivity contribution in [3.8, 4) is 0 Å². The molecule has 0 fully saturated rings. The van der Waals surface area contributed by atoms with Crippen molar-refractivity contribution in [2.75, 3.05) is 25.6 Å². The number of ether oxygens (including phenoxy) is 2. The molecule has 0 saturated carbocycles. The summed E-state index contributed by atoms with van der Waals surface area (Å²) in [5.74, 6) is -0.0312. The van der Waals surface area contributed by atoms with E-state index >= 15 is 0 Å². The Kier molecular flexibility index (Phi) is 5.57. The van der Waals surface area contributed by atoms with Crippen LogP contribution in [0.2, 0.25) is 0 Å². The summed E-state index contributed by atoms with van der Waals surface area (Å²) < 4.78 is 12.1. The zero-order valence-electron chi connectivity index (χ0n) is 12.2. The summed E-state index contributed by atoms with van der Waals surface area (Å²) in [6.07, 6.45) is 2.11. The Labute approximate surface area is 123 Å². The van der Waals surface area contributed by atoms with Gasteiger partial charge in [-0.25, -0.2) is 4.98 Å². The molecule has 0 aliphatic rings. The first-order valence-electron chi connectivity index (χ1n) is 7.16. The Bertz CT molecular complexity index is 595. The van der Waals surface area contributed by atoms with E-state index in [4.69, 9.17) is 15.2 Å². The number of aromatic nitrogens is 2. The Balaban J connectivity index is 1.83. The molecular formula is C15H21N3O3. The molecule has 0 unspecified atom stereocenters. The van der Waals surface area contributed by atoms with Crippen molar-refractivity contribution in [2.24, 2.45) is 0 Å². The van der Waals surface area contributed by atoms with Gasteiger partial charge in [0.05, 0.1) is 17.6 Å². The average molecular weight is 291 g/mol. The number of unbranched alkanes of at least 4 members (excludes halogenated alkanes) is 1. The van der Waals surface area contributed by atoms with Gasteiger partial charge in [0.15, 0.2) is 0 Å². The largest absolute Gasteiger partial charge is 0.462 e. The number of nitrogen functional groups attached to an aromatic ring is 1. The first-order chi connectivity index (χ1) is 10.2. The molecular weight excluding hydrogens is 270 g/mol. The summed E-state index contributed by atoms with van der Waals surface area (Å²) >= 11 is 0. The summed E-state index contributed by atoms with van der Waals surface area (Å²) in [6, 6.07) is 7.49. The van der Waals surface area contributed by atoms with Gasteiger partial charge in [0.1, 0.15) is 13.2 Å². The molecule has 6 nitrogen and oxygen atoms in total. The first-order valence-corrected chi connectivity index (χ1v) is 7.16. The van der Waals surface area contributed by atoms with E-state index in [0.29, 0.717) is 19.2 Å². The molecule has 1 aromatic carbocycles. The number of carbonyl (C=O) groups is 1. The second-order valence-corrected chi connectivity index (χ2v) is 4.73. The van der Waals surface area contributed by atoms with E-state index in [1.807, 2.05) is 24.3 Å². The van der Waals surface area contributed by atoms with Crippen LogP contribution in [0.1, 0.15) is 19.8 Å². The number of nitrogens with two attached hydrogens (primary N) is 1. The predicted molar refractivity (Wildman–Crippen MR) is 80.8 cm³/mol. The van der Waals surface area contributed by atoms with Crippen molar-refractivity contribution in [1.29, 1.82) is 0 Å². The van der Waals surface area contributed by atoms with Crippen LogP contribution in [0.3, 0.4) is 0 Å². The van der Waals surface area contributed by atoms with E-state index in [1.54, 1.807) is 4.57 Å². The minimum Gasteiger partial charge on any atom is -0.462 e. The number of hydrogen-bond acceptors (Lipinski definition) is 5. The van der Waals surface area contributed by atoms with Crippen molar-refractivity contribution in [3.63, 3.8) is 0 Å². The molecule has 0 amide bonds. The normalized spacial score (nSPS) is 10.9. The highest BCUT2D eigenvalue weighted by Gasteiger charge is 2.11. The minimum atomic E-state index is -0.344. The quantitative estimate of drug-likeness (QED) is 0.594. The first kappa shape index (κ1) is 15.3. The maximum atomic E-state index is 11.8. The Morgan fingerprint density at radius 1 is 1.29 bits per heavy atom. The molecule has 0 saturated heterocycles. The van der Waals surface area contributed by atoms with Crippen molar-refractivity contribution >= 4 is 23.0 Å². The number of imidazole rings is 1. The van der Waals surface area contributed by atoms with Crippen molar-refractivity contribution in [2.45, 2.75) is 26.3 Å². The Morgan fingerprint density at radius 3 is 2.90 bits per heavy atom. The van der Waals surface area contributed by atoms with Gasteiger partial charge in [0, 0.05) is 6.61 Å². The van der Waals surface area contributed by atoms with Gasteiger partial charge in [0.2, 0.25) is 5.95 Å². The number of nitrogens with zero attached hydrogens (tertiary/aromatic N) is 2. The lowest BCUT2D eigenvalue weighted by Crippen LogP contribution is -2.17. The number of esters is 1. The van der Waals surface area contributed by atoms with Crippen LogP contribution in [0.25, 0.3) is 11.0 Å². The number of carbonyl (C=O) groups excluding carboxylic acids is 1. The summed E-state index contributed by atoms with van der Waals surface area (Å²) in [5, 5.41) is 0. The predicted octanol–water partition coefficient (Wildman–Crippen LogP) is 1.98. The second kappa shape index (κ2) is 7.64. The lowest BCUT2D eigenvalue weighted by Gasteiger charge is -2.08. The standard InChI is InChI=1S/C15H21N3O3/c1-2-3-8-20-9-10-21-14(19)11-18-13-7-5-4-6-12(13)17-15(18)16/h4-7H,2-3,8-11H2,1H3,(H2,16,17). The highest BCUT2D eigenvalue weighted by molar-refractivity contribution is 5.80. The number of hydrogen-bond donors (Lipinski definition) is 1. The summed E-state index contributed by atoms with van der Waals surface area (Å²) in [7, 11) is 0. The number of benzene rings is 1. The third-order valence-corrected chi connectivity index (χ3v) is 3.10. The van der Waals surface area contributed by atoms with Crippen LogP contribution in [0.5, 0.6) is 0 Å². The molecule has 6 heteroatoms. The van der Waals surface area contributed by atoms with Gasteiger partial charge in [-0.3, -0.25) is 9.36 Å². The molecule has 2 N–H and O–H groups in total. The minimum absolute atomic E-state index is 0.0569. The summed E-state index contributed by atoms with van der Waals surface area (Å²) in [6.45, 7) is 3.54. The van der Waals surface area contributed by atoms with Gasteiger partial charge in [0.25, 0.3) is 0 Å². The third kappa shape index (κ3) is 4.19. The highest BCUT2D eigenvalue weighted by atomic mass is 16.6. The van der Waals surface area contributed by atoms with Crippen LogP contribution in [0, 0.1) is 0 Å². The molecule has 0 atom stereocenters. The summed E-state index contributed by atoms with van der Waals surface area (Å²) in [5.41, 5.74) is 7.42. The monoisotopic (exact) mass is 291 g/mol. The second-order valence-electron chi connectivity index (χ2n) is 4.73. The van der Waals surface area contributed by atoms with Crippen LogP contribution in [0.15, 0.2) is 24.3 Å². The Morgan fingerprint density at radius 2 is 2.10 bits per heavy atom. The van der Waals surface area contributed by atoms with Crippen LogP contribution < -0.4 is 5.73 Å². The van der Waals surface area contributed by atoms with E-state index in [-0.39, 0.29) is 19.1 Å². The highest BCUT2D eigenvalue weighted by Crippen LogP contribution is 2.17. The molecule has 21 heavy (non-hydrogen) atoms. The Hall–Kier alpha value is -2.08. The zero-order chi connectivity index (χ0) is 15.1. The fourth-order valence-corrected chi connectivity index (χ4v) is 2.00. The maximum Gasteiger partial charge on any atom is 0.326 e. The van der Waals surface area contributed by atoms with Crippen LogP contribution in [-0.4, -0.2) is 35.3 Å². The van der Waals surface area contributed by atoms with Gasteiger partial charge in [-0.05, 0) is 18.6 Å². The molecule has 0 aliphatic carbocycles. The SMILES string of the molecule is CCCCOCCOC(=O)Cn1c(N)nc2ccccc21. The number of anilines is 1. The smallest absolute Gasteiger partial charge is 0.326 e. The lowest BCUT2D eigenvalue weighted by molar-refractivity contribution is -0.145. The molecule has 2 aromatic rings.